The van der Waals surface area contributed by atoms with Crippen LogP contribution in [0.2, 0.25) is 0 Å². The van der Waals surface area contributed by atoms with Gasteiger partial charge in [-0.15, -0.1) is 0 Å². The highest BCUT2D eigenvalue weighted by molar-refractivity contribution is 7.07. The largest absolute Gasteiger partial charge is 0.490 e. The zero-order chi connectivity index (χ0) is 25.8. The van der Waals surface area contributed by atoms with Gasteiger partial charge in [-0.05, 0) is 55.3 Å². The lowest BCUT2D eigenvalue weighted by atomic mass is 9.97. The molecule has 0 saturated heterocycles. The molecule has 1 aromatic heterocycles. The lowest BCUT2D eigenvalue weighted by molar-refractivity contribution is -0.136. The molecule has 1 atom stereocenters. The molecular formula is C26H24N2O7S. The zero-order valence-corrected chi connectivity index (χ0v) is 20.7. The number of methoxy groups -OCH3 is 1. The van der Waals surface area contributed by atoms with Crippen LogP contribution in [-0.2, 0) is 9.53 Å². The Hall–Kier alpha value is -4.18. The number of hydrogen-bond acceptors (Lipinski definition) is 8. The molecule has 0 aliphatic carbocycles. The third kappa shape index (κ3) is 4.80. The van der Waals surface area contributed by atoms with Gasteiger partial charge >= 0.3 is 11.9 Å². The summed E-state index contributed by atoms with van der Waals surface area (Å²) in [5, 5.41) is 9.11. The molecule has 0 radical (unpaired) electrons. The van der Waals surface area contributed by atoms with E-state index >= 15 is 0 Å². The number of carbonyl (C=O) groups is 2. The van der Waals surface area contributed by atoms with Crippen LogP contribution < -0.4 is 24.4 Å². The van der Waals surface area contributed by atoms with Crippen LogP contribution in [0.25, 0.3) is 6.08 Å². The minimum absolute atomic E-state index is 0.150. The van der Waals surface area contributed by atoms with Gasteiger partial charge in [0.1, 0.15) is 0 Å². The molecule has 0 spiro atoms. The molecule has 0 saturated carbocycles. The molecule has 3 aromatic rings. The number of ether oxygens (including phenoxy) is 3. The lowest BCUT2D eigenvalue weighted by Crippen LogP contribution is -2.39. The predicted octanol–water partition coefficient (Wildman–Crippen LogP) is 2.51. The molecule has 10 heteroatoms. The summed E-state index contributed by atoms with van der Waals surface area (Å²) >= 11 is 1.17. The van der Waals surface area contributed by atoms with Gasteiger partial charge < -0.3 is 19.3 Å². The predicted molar refractivity (Wildman–Crippen MR) is 133 cm³/mol. The summed E-state index contributed by atoms with van der Waals surface area (Å²) in [6.45, 7) is 4.59. The number of aromatic nitrogens is 1. The SMILES string of the molecule is CCOc1ccc([C@H]2C(C(=O)OC)=CN=c3s/c(=C\c4ccc(C(=O)O)cc4)c(=O)n32)cc1OCC. The molecule has 36 heavy (non-hydrogen) atoms. The van der Waals surface area contributed by atoms with Crippen LogP contribution in [-0.4, -0.2) is 41.9 Å². The Morgan fingerprint density at radius 2 is 1.78 bits per heavy atom. The van der Waals surface area contributed by atoms with Crippen LogP contribution in [0.1, 0.15) is 41.4 Å². The minimum Gasteiger partial charge on any atom is -0.490 e. The Balaban J connectivity index is 1.87. The summed E-state index contributed by atoms with van der Waals surface area (Å²) in [6, 6.07) is 10.7. The Kier molecular flexibility index (Phi) is 7.35. The van der Waals surface area contributed by atoms with Crippen LogP contribution in [0.3, 0.4) is 0 Å². The lowest BCUT2D eigenvalue weighted by Gasteiger charge is -2.23. The average Bonchev–Trinajstić information content (AvgIpc) is 3.19. The van der Waals surface area contributed by atoms with E-state index < -0.39 is 18.0 Å². The highest BCUT2D eigenvalue weighted by Gasteiger charge is 2.31. The van der Waals surface area contributed by atoms with Gasteiger partial charge in [-0.1, -0.05) is 29.5 Å². The number of rotatable bonds is 8. The fourth-order valence-electron chi connectivity index (χ4n) is 3.86. The van der Waals surface area contributed by atoms with Crippen LogP contribution in [0.15, 0.2) is 64.0 Å². The smallest absolute Gasteiger partial charge is 0.337 e. The number of nitrogens with zero attached hydrogens (tertiary/aromatic N) is 2. The monoisotopic (exact) mass is 508 g/mol. The summed E-state index contributed by atoms with van der Waals surface area (Å²) in [4.78, 5) is 42.1. The number of aromatic carboxylic acids is 1. The van der Waals surface area contributed by atoms with E-state index in [-0.39, 0.29) is 16.7 Å². The van der Waals surface area contributed by atoms with Gasteiger partial charge in [-0.2, -0.15) is 0 Å². The molecule has 0 unspecified atom stereocenters. The molecule has 1 aliphatic rings. The van der Waals surface area contributed by atoms with Gasteiger partial charge in [0, 0.05) is 6.20 Å². The Bertz CT molecular complexity index is 1520. The van der Waals surface area contributed by atoms with Crippen LogP contribution in [0.4, 0.5) is 0 Å². The van der Waals surface area contributed by atoms with Crippen molar-refractivity contribution in [3.05, 3.63) is 90.6 Å². The highest BCUT2D eigenvalue weighted by atomic mass is 32.1. The fourth-order valence-corrected chi connectivity index (χ4v) is 4.83. The highest BCUT2D eigenvalue weighted by Crippen LogP contribution is 2.35. The number of carboxylic acids is 1. The molecule has 2 heterocycles. The van der Waals surface area contributed by atoms with Gasteiger partial charge in [0.25, 0.3) is 5.56 Å². The second-order valence-electron chi connectivity index (χ2n) is 7.68. The molecule has 4 rings (SSSR count). The van der Waals surface area contributed by atoms with E-state index in [0.29, 0.717) is 45.2 Å². The number of fused-ring (bicyclic) bond motifs is 1. The molecule has 186 valence electrons. The maximum Gasteiger partial charge on any atom is 0.337 e. The van der Waals surface area contributed by atoms with Crippen molar-refractivity contribution in [2.24, 2.45) is 4.99 Å². The maximum atomic E-state index is 13.6. The van der Waals surface area contributed by atoms with E-state index in [2.05, 4.69) is 4.99 Å². The van der Waals surface area contributed by atoms with Crippen molar-refractivity contribution in [1.29, 1.82) is 0 Å². The number of esters is 1. The van der Waals surface area contributed by atoms with Crippen molar-refractivity contribution in [3.8, 4) is 11.5 Å². The molecule has 1 N–H and O–H groups in total. The van der Waals surface area contributed by atoms with E-state index in [4.69, 9.17) is 19.3 Å². The van der Waals surface area contributed by atoms with Gasteiger partial charge in [-0.25, -0.2) is 14.6 Å². The average molecular weight is 509 g/mol. The first-order valence-electron chi connectivity index (χ1n) is 11.2. The molecular weight excluding hydrogens is 484 g/mol. The summed E-state index contributed by atoms with van der Waals surface area (Å²) in [7, 11) is 1.27. The number of benzene rings is 2. The molecule has 0 amide bonds. The zero-order valence-electron chi connectivity index (χ0n) is 19.9. The summed E-state index contributed by atoms with van der Waals surface area (Å²) < 4.78 is 18.2. The normalized spacial score (nSPS) is 14.9. The second kappa shape index (κ2) is 10.6. The third-order valence-electron chi connectivity index (χ3n) is 5.46. The van der Waals surface area contributed by atoms with E-state index in [1.807, 2.05) is 13.8 Å². The van der Waals surface area contributed by atoms with Gasteiger partial charge in [0.2, 0.25) is 0 Å². The van der Waals surface area contributed by atoms with E-state index in [9.17, 15) is 14.4 Å². The molecule has 1 aliphatic heterocycles. The molecule has 2 aromatic carbocycles. The van der Waals surface area contributed by atoms with Gasteiger partial charge in [-0.3, -0.25) is 9.36 Å². The van der Waals surface area contributed by atoms with Crippen molar-refractivity contribution in [1.82, 2.24) is 4.57 Å². The summed E-state index contributed by atoms with van der Waals surface area (Å²) in [5.41, 5.74) is 1.30. The summed E-state index contributed by atoms with van der Waals surface area (Å²) in [6.07, 6.45) is 3.09. The summed E-state index contributed by atoms with van der Waals surface area (Å²) in [5.74, 6) is -0.574. The molecule has 0 bridgehead atoms. The van der Waals surface area contributed by atoms with Crippen molar-refractivity contribution < 1.29 is 28.9 Å². The van der Waals surface area contributed by atoms with Gasteiger partial charge in [0.15, 0.2) is 16.3 Å². The van der Waals surface area contributed by atoms with Crippen molar-refractivity contribution in [2.45, 2.75) is 19.9 Å². The van der Waals surface area contributed by atoms with E-state index in [0.717, 1.165) is 0 Å². The first-order chi connectivity index (χ1) is 17.4. The van der Waals surface area contributed by atoms with Crippen LogP contribution >= 0.6 is 11.3 Å². The Labute approximate surface area is 210 Å². The van der Waals surface area contributed by atoms with Crippen molar-refractivity contribution in [3.63, 3.8) is 0 Å². The van der Waals surface area contributed by atoms with Crippen molar-refractivity contribution in [2.75, 3.05) is 20.3 Å². The fraction of sp³-hybridized carbons (Fsp3) is 0.231. The quantitative estimate of drug-likeness (QED) is 0.465. The third-order valence-corrected chi connectivity index (χ3v) is 6.46. The molecule has 0 fully saturated rings. The van der Waals surface area contributed by atoms with E-state index in [1.165, 1.54) is 41.3 Å². The second-order valence-corrected chi connectivity index (χ2v) is 8.68. The first kappa shape index (κ1) is 24.9. The Morgan fingerprint density at radius 3 is 2.42 bits per heavy atom. The van der Waals surface area contributed by atoms with E-state index in [1.54, 1.807) is 36.4 Å². The van der Waals surface area contributed by atoms with Crippen LogP contribution in [0.5, 0.6) is 11.5 Å². The van der Waals surface area contributed by atoms with Crippen LogP contribution in [0, 0.1) is 0 Å². The number of carboxylic acid groups (broad SMARTS) is 1. The first-order valence-corrected chi connectivity index (χ1v) is 12.0. The standard InChI is InChI=1S/C26H24N2O7S/c1-4-34-19-11-10-17(13-20(19)35-5-2)22-18(25(32)33-3)14-27-26-28(22)23(29)21(36-26)12-15-6-8-16(9-7-15)24(30)31/h6-14,22H,4-5H2,1-3H3,(H,30,31)/b21-12-/t22-/m0/s1. The minimum atomic E-state index is -1.03. The van der Waals surface area contributed by atoms with Crippen molar-refractivity contribution >= 4 is 29.4 Å². The number of carbonyl (C=O) groups excluding carboxylic acids is 1. The topological polar surface area (TPSA) is 116 Å². The molecule has 9 nitrogen and oxygen atoms in total. The van der Waals surface area contributed by atoms with Gasteiger partial charge in [0.05, 0.1) is 42.0 Å². The number of thiazole rings is 1. The number of hydrogen-bond donors (Lipinski definition) is 1. The maximum absolute atomic E-state index is 13.6. The Morgan fingerprint density at radius 1 is 1.08 bits per heavy atom.